The highest BCUT2D eigenvalue weighted by Crippen LogP contribution is 2.35. The molecule has 0 aliphatic rings. The third-order valence-electron chi connectivity index (χ3n) is 4.63. The molecular formula is C23H20ClN3O2S. The summed E-state index contributed by atoms with van der Waals surface area (Å²) in [5, 5.41) is 10.5. The van der Waals surface area contributed by atoms with Crippen LogP contribution in [0.5, 0.6) is 11.5 Å². The van der Waals surface area contributed by atoms with E-state index in [1.165, 1.54) is 0 Å². The second kappa shape index (κ2) is 9.24. The summed E-state index contributed by atoms with van der Waals surface area (Å²) in [5.74, 6) is 2.91. The minimum atomic E-state index is 0.680. The zero-order valence-corrected chi connectivity index (χ0v) is 18.2. The first kappa shape index (κ1) is 20.3. The number of nitrogens with zero attached hydrogens (tertiary/aromatic N) is 3. The van der Waals surface area contributed by atoms with Gasteiger partial charge in [0.2, 0.25) is 0 Å². The van der Waals surface area contributed by atoms with Crippen LogP contribution in [0.3, 0.4) is 0 Å². The first-order valence-electron chi connectivity index (χ1n) is 9.30. The number of para-hydroxylation sites is 1. The number of hydrogen-bond donors (Lipinski definition) is 0. The fourth-order valence-corrected chi connectivity index (χ4v) is 4.33. The van der Waals surface area contributed by atoms with E-state index < -0.39 is 0 Å². The molecule has 0 N–H and O–H groups in total. The number of benzene rings is 3. The van der Waals surface area contributed by atoms with Crippen molar-refractivity contribution in [1.82, 2.24) is 14.8 Å². The SMILES string of the molecule is COc1ccc(-n2c(SCc3ccccc3Cl)nnc2-c2ccccc2OC)cc1. The molecule has 1 aromatic heterocycles. The molecule has 4 aromatic rings. The fraction of sp³-hybridized carbons (Fsp3) is 0.130. The lowest BCUT2D eigenvalue weighted by atomic mass is 10.2. The average molecular weight is 438 g/mol. The highest BCUT2D eigenvalue weighted by molar-refractivity contribution is 7.98. The van der Waals surface area contributed by atoms with Gasteiger partial charge in [0.1, 0.15) is 11.5 Å². The van der Waals surface area contributed by atoms with E-state index >= 15 is 0 Å². The minimum absolute atomic E-state index is 0.680. The lowest BCUT2D eigenvalue weighted by Gasteiger charge is -2.13. The van der Waals surface area contributed by atoms with Crippen LogP contribution < -0.4 is 9.47 Å². The molecule has 7 heteroatoms. The maximum absolute atomic E-state index is 6.33. The molecule has 3 aromatic carbocycles. The van der Waals surface area contributed by atoms with Gasteiger partial charge in [0.25, 0.3) is 0 Å². The van der Waals surface area contributed by atoms with Crippen molar-refractivity contribution in [3.05, 3.63) is 83.4 Å². The van der Waals surface area contributed by atoms with Gasteiger partial charge in [-0.05, 0) is 48.0 Å². The minimum Gasteiger partial charge on any atom is -0.497 e. The van der Waals surface area contributed by atoms with Crippen molar-refractivity contribution in [2.45, 2.75) is 10.9 Å². The number of hydrogen-bond acceptors (Lipinski definition) is 5. The van der Waals surface area contributed by atoms with Gasteiger partial charge in [-0.1, -0.05) is 53.7 Å². The number of ether oxygens (including phenoxy) is 2. The maximum atomic E-state index is 6.33. The molecule has 0 amide bonds. The summed E-state index contributed by atoms with van der Waals surface area (Å²) in [6, 6.07) is 23.4. The number of halogens is 1. The first-order chi connectivity index (χ1) is 14.7. The van der Waals surface area contributed by atoms with E-state index in [0.717, 1.165) is 38.5 Å². The molecule has 152 valence electrons. The second-order valence-electron chi connectivity index (χ2n) is 6.42. The summed E-state index contributed by atoms with van der Waals surface area (Å²) >= 11 is 7.92. The second-order valence-corrected chi connectivity index (χ2v) is 7.77. The van der Waals surface area contributed by atoms with Gasteiger partial charge in [-0.15, -0.1) is 10.2 Å². The Morgan fingerprint density at radius 1 is 0.867 bits per heavy atom. The van der Waals surface area contributed by atoms with Crippen LogP contribution in [0.1, 0.15) is 5.56 Å². The summed E-state index contributed by atoms with van der Waals surface area (Å²) in [4.78, 5) is 0. The number of methoxy groups -OCH3 is 2. The van der Waals surface area contributed by atoms with Crippen LogP contribution in [0.2, 0.25) is 5.02 Å². The number of rotatable bonds is 7. The van der Waals surface area contributed by atoms with E-state index in [2.05, 4.69) is 10.2 Å². The zero-order valence-electron chi connectivity index (χ0n) is 16.6. The molecule has 5 nitrogen and oxygen atoms in total. The normalized spacial score (nSPS) is 10.8. The fourth-order valence-electron chi connectivity index (χ4n) is 3.09. The molecule has 30 heavy (non-hydrogen) atoms. The summed E-state index contributed by atoms with van der Waals surface area (Å²) in [6.07, 6.45) is 0. The monoisotopic (exact) mass is 437 g/mol. The summed E-state index contributed by atoms with van der Waals surface area (Å²) in [5.41, 5.74) is 2.85. The molecule has 1 heterocycles. The topological polar surface area (TPSA) is 49.2 Å². The van der Waals surface area contributed by atoms with Gasteiger partial charge in [-0.2, -0.15) is 0 Å². The summed E-state index contributed by atoms with van der Waals surface area (Å²) in [6.45, 7) is 0. The molecule has 0 saturated carbocycles. The van der Waals surface area contributed by atoms with Crippen molar-refractivity contribution in [3.8, 4) is 28.6 Å². The third kappa shape index (κ3) is 4.15. The lowest BCUT2D eigenvalue weighted by molar-refractivity contribution is 0.414. The van der Waals surface area contributed by atoms with Crippen molar-refractivity contribution < 1.29 is 9.47 Å². The van der Waals surface area contributed by atoms with Gasteiger partial charge in [-0.3, -0.25) is 4.57 Å². The Morgan fingerprint density at radius 2 is 1.60 bits per heavy atom. The van der Waals surface area contributed by atoms with E-state index in [1.807, 2.05) is 77.4 Å². The molecular weight excluding hydrogens is 418 g/mol. The predicted octanol–water partition coefficient (Wildman–Crippen LogP) is 5.90. The Labute approximate surface area is 184 Å². The summed E-state index contributed by atoms with van der Waals surface area (Å²) in [7, 11) is 3.30. The highest BCUT2D eigenvalue weighted by atomic mass is 35.5. The van der Waals surface area contributed by atoms with Gasteiger partial charge in [0, 0.05) is 10.8 Å². The van der Waals surface area contributed by atoms with Crippen LogP contribution in [0.15, 0.2) is 78.0 Å². The van der Waals surface area contributed by atoms with Gasteiger partial charge in [0.05, 0.1) is 25.5 Å². The Hall–Kier alpha value is -2.96. The molecule has 0 saturated heterocycles. The van der Waals surface area contributed by atoms with E-state index in [9.17, 15) is 0 Å². The van der Waals surface area contributed by atoms with Gasteiger partial charge >= 0.3 is 0 Å². The Morgan fingerprint density at radius 3 is 2.33 bits per heavy atom. The molecule has 0 unspecified atom stereocenters. The molecule has 0 spiro atoms. The van der Waals surface area contributed by atoms with Gasteiger partial charge < -0.3 is 9.47 Å². The Balaban J connectivity index is 1.78. The van der Waals surface area contributed by atoms with Crippen LogP contribution in [-0.2, 0) is 5.75 Å². The number of aromatic nitrogens is 3. The van der Waals surface area contributed by atoms with Crippen LogP contribution in [0, 0.1) is 0 Å². The molecule has 0 radical (unpaired) electrons. The zero-order chi connectivity index (χ0) is 20.9. The van der Waals surface area contributed by atoms with E-state index in [0.29, 0.717) is 11.6 Å². The van der Waals surface area contributed by atoms with Gasteiger partial charge in [0.15, 0.2) is 11.0 Å². The lowest BCUT2D eigenvalue weighted by Crippen LogP contribution is -2.01. The molecule has 0 aliphatic carbocycles. The average Bonchev–Trinajstić information content (AvgIpc) is 3.22. The van der Waals surface area contributed by atoms with Crippen molar-refractivity contribution >= 4 is 23.4 Å². The van der Waals surface area contributed by atoms with Crippen molar-refractivity contribution in [2.24, 2.45) is 0 Å². The molecule has 0 atom stereocenters. The van der Waals surface area contributed by atoms with E-state index in [-0.39, 0.29) is 0 Å². The quantitative estimate of drug-likeness (QED) is 0.337. The van der Waals surface area contributed by atoms with E-state index in [1.54, 1.807) is 26.0 Å². The van der Waals surface area contributed by atoms with E-state index in [4.69, 9.17) is 21.1 Å². The van der Waals surface area contributed by atoms with Crippen molar-refractivity contribution in [2.75, 3.05) is 14.2 Å². The predicted molar refractivity (Wildman–Crippen MR) is 121 cm³/mol. The standard InChI is InChI=1S/C23H20ClN3O2S/c1-28-18-13-11-17(12-14-18)27-22(19-8-4-6-10-21(19)29-2)25-26-23(27)30-15-16-7-3-5-9-20(16)24/h3-14H,15H2,1-2H3. The smallest absolute Gasteiger partial charge is 0.196 e. The van der Waals surface area contributed by atoms with Crippen molar-refractivity contribution in [3.63, 3.8) is 0 Å². The van der Waals surface area contributed by atoms with Crippen LogP contribution >= 0.6 is 23.4 Å². The van der Waals surface area contributed by atoms with Crippen LogP contribution in [-0.4, -0.2) is 29.0 Å². The van der Waals surface area contributed by atoms with Crippen molar-refractivity contribution in [1.29, 1.82) is 0 Å². The molecule has 0 fully saturated rings. The van der Waals surface area contributed by atoms with Gasteiger partial charge in [-0.25, -0.2) is 0 Å². The Kier molecular flexibility index (Phi) is 6.26. The largest absolute Gasteiger partial charge is 0.497 e. The Bertz CT molecular complexity index is 1150. The maximum Gasteiger partial charge on any atom is 0.196 e. The summed E-state index contributed by atoms with van der Waals surface area (Å²) < 4.78 is 12.9. The molecule has 0 aliphatic heterocycles. The third-order valence-corrected chi connectivity index (χ3v) is 5.97. The number of thioether (sulfide) groups is 1. The molecule has 4 rings (SSSR count). The van der Waals surface area contributed by atoms with Crippen LogP contribution in [0.25, 0.3) is 17.1 Å². The first-order valence-corrected chi connectivity index (χ1v) is 10.7. The molecule has 0 bridgehead atoms. The van der Waals surface area contributed by atoms with Crippen LogP contribution in [0.4, 0.5) is 0 Å². The highest BCUT2D eigenvalue weighted by Gasteiger charge is 2.19.